The number of hydrogen-bond acceptors (Lipinski definition) is 5. The number of allylic oxidation sites excluding steroid dienone is 1. The monoisotopic (exact) mass is 358 g/mol. The number of benzene rings is 1. The number of ether oxygens (including phenoxy) is 2. The molecule has 0 N–H and O–H groups in total. The molecule has 0 spiro atoms. The molecular weight excluding hydrogens is 336 g/mol. The quantitative estimate of drug-likeness (QED) is 0.407. The highest BCUT2D eigenvalue weighted by Gasteiger charge is 2.21. The minimum atomic E-state index is -0.490. The molecule has 0 amide bonds. The molecule has 0 bridgehead atoms. The Morgan fingerprint density at radius 2 is 1.96 bits per heavy atom. The van der Waals surface area contributed by atoms with Gasteiger partial charge in [-0.3, -0.25) is 14.9 Å². The number of hydrogen-bond donors (Lipinski definition) is 0. The van der Waals surface area contributed by atoms with Crippen molar-refractivity contribution in [2.45, 2.75) is 27.3 Å². The Morgan fingerprint density at radius 1 is 1.27 bits per heavy atom. The fourth-order valence-corrected chi connectivity index (χ4v) is 2.52. The molecule has 7 heteroatoms. The molecule has 0 aliphatic carbocycles. The number of non-ortho nitro benzene ring substituents is 1. The first-order valence-corrected chi connectivity index (χ1v) is 8.25. The Bertz CT molecular complexity index is 924. The molecule has 7 nitrogen and oxygen atoms in total. The van der Waals surface area contributed by atoms with Crippen molar-refractivity contribution in [2.24, 2.45) is 0 Å². The Balaban J connectivity index is 2.76. The van der Waals surface area contributed by atoms with E-state index in [0.29, 0.717) is 17.4 Å². The molecule has 1 heterocycles. The summed E-state index contributed by atoms with van der Waals surface area (Å²) in [5.74, 6) is 0.360. The first kappa shape index (κ1) is 19.2. The lowest BCUT2D eigenvalue weighted by Gasteiger charge is -2.17. The summed E-state index contributed by atoms with van der Waals surface area (Å²) in [4.78, 5) is 23.5. The first-order valence-electron chi connectivity index (χ1n) is 8.25. The highest BCUT2D eigenvalue weighted by molar-refractivity contribution is 5.89. The van der Waals surface area contributed by atoms with Crippen LogP contribution < -0.4 is 15.0 Å². The largest absolute Gasteiger partial charge is 0.485 e. The standard InChI is InChI=1S/C19H22N2O5/c1-5-10-25-18-17(26-11-9-13(3)4)15-8-7-14(21(23)24)12-16(15)20(6-2)19(18)22/h5,7-9,12H,1,6,10-11H2,2-4H3. The van der Waals surface area contributed by atoms with Crippen molar-refractivity contribution >= 4 is 16.6 Å². The predicted molar refractivity (Wildman–Crippen MR) is 101 cm³/mol. The fourth-order valence-electron chi connectivity index (χ4n) is 2.52. The van der Waals surface area contributed by atoms with Crippen molar-refractivity contribution in [2.75, 3.05) is 13.2 Å². The Morgan fingerprint density at radius 3 is 2.54 bits per heavy atom. The lowest BCUT2D eigenvalue weighted by molar-refractivity contribution is -0.384. The lowest BCUT2D eigenvalue weighted by Crippen LogP contribution is -2.23. The summed E-state index contributed by atoms with van der Waals surface area (Å²) < 4.78 is 12.8. The van der Waals surface area contributed by atoms with Crippen molar-refractivity contribution in [3.63, 3.8) is 0 Å². The summed E-state index contributed by atoms with van der Waals surface area (Å²) in [6.45, 7) is 10.0. The highest BCUT2D eigenvalue weighted by Crippen LogP contribution is 2.34. The molecule has 1 aromatic carbocycles. The minimum absolute atomic E-state index is 0.0789. The van der Waals surface area contributed by atoms with E-state index in [1.54, 1.807) is 13.0 Å². The van der Waals surface area contributed by atoms with E-state index in [2.05, 4.69) is 6.58 Å². The van der Waals surface area contributed by atoms with Crippen LogP contribution in [0.3, 0.4) is 0 Å². The molecule has 0 radical (unpaired) electrons. The lowest BCUT2D eigenvalue weighted by atomic mass is 10.1. The third-order valence-electron chi connectivity index (χ3n) is 3.75. The maximum atomic E-state index is 12.9. The summed E-state index contributed by atoms with van der Waals surface area (Å²) in [5.41, 5.74) is 1.02. The van der Waals surface area contributed by atoms with Gasteiger partial charge in [-0.2, -0.15) is 0 Å². The Hall–Kier alpha value is -3.09. The van der Waals surface area contributed by atoms with Crippen LogP contribution in [0.2, 0.25) is 0 Å². The number of nitrogens with zero attached hydrogens (tertiary/aromatic N) is 2. The van der Waals surface area contributed by atoms with Gasteiger partial charge in [-0.25, -0.2) is 0 Å². The number of fused-ring (bicyclic) bond motifs is 1. The zero-order valence-electron chi connectivity index (χ0n) is 15.2. The molecule has 0 saturated carbocycles. The summed E-state index contributed by atoms with van der Waals surface area (Å²) in [6, 6.07) is 4.35. The normalized spacial score (nSPS) is 10.4. The van der Waals surface area contributed by atoms with Crippen LogP contribution in [-0.2, 0) is 6.54 Å². The minimum Gasteiger partial charge on any atom is -0.485 e. The molecule has 0 unspecified atom stereocenters. The average molecular weight is 358 g/mol. The second kappa shape index (κ2) is 8.33. The third kappa shape index (κ3) is 3.93. The summed E-state index contributed by atoms with van der Waals surface area (Å²) in [6.07, 6.45) is 3.41. The van der Waals surface area contributed by atoms with Gasteiger partial charge in [0.25, 0.3) is 11.2 Å². The third-order valence-corrected chi connectivity index (χ3v) is 3.75. The molecule has 0 atom stereocenters. The second-order valence-electron chi connectivity index (χ2n) is 5.86. The van der Waals surface area contributed by atoms with Gasteiger partial charge in [0, 0.05) is 24.1 Å². The van der Waals surface area contributed by atoms with E-state index in [-0.39, 0.29) is 30.4 Å². The molecule has 26 heavy (non-hydrogen) atoms. The van der Waals surface area contributed by atoms with Crippen molar-refractivity contribution in [3.05, 3.63) is 63.0 Å². The SMILES string of the molecule is C=CCOc1c(OCC=C(C)C)c2ccc([N+](=O)[O-])cc2n(CC)c1=O. The molecule has 0 saturated heterocycles. The van der Waals surface area contributed by atoms with Gasteiger partial charge in [0.15, 0.2) is 5.75 Å². The number of nitro benzene ring substituents is 1. The van der Waals surface area contributed by atoms with Gasteiger partial charge in [-0.1, -0.05) is 18.2 Å². The van der Waals surface area contributed by atoms with E-state index in [0.717, 1.165) is 5.57 Å². The maximum Gasteiger partial charge on any atom is 0.297 e. The number of aromatic nitrogens is 1. The van der Waals surface area contributed by atoms with E-state index >= 15 is 0 Å². The van der Waals surface area contributed by atoms with Crippen LogP contribution in [0.15, 0.2) is 47.3 Å². The molecule has 0 aliphatic heterocycles. The molecule has 1 aromatic heterocycles. The van der Waals surface area contributed by atoms with Gasteiger partial charge in [0.1, 0.15) is 13.2 Å². The Kier molecular flexibility index (Phi) is 6.16. The second-order valence-corrected chi connectivity index (χ2v) is 5.86. The number of rotatable bonds is 8. The van der Waals surface area contributed by atoms with Crippen molar-refractivity contribution < 1.29 is 14.4 Å². The van der Waals surface area contributed by atoms with E-state index in [1.807, 2.05) is 19.9 Å². The summed E-state index contributed by atoms with van der Waals surface area (Å²) in [7, 11) is 0. The van der Waals surface area contributed by atoms with Crippen LogP contribution in [0, 0.1) is 10.1 Å². The van der Waals surface area contributed by atoms with Crippen LogP contribution in [-0.4, -0.2) is 22.7 Å². The van der Waals surface area contributed by atoms with Gasteiger partial charge in [0.05, 0.1) is 10.4 Å². The molecular formula is C19H22N2O5. The van der Waals surface area contributed by atoms with Crippen molar-refractivity contribution in [3.8, 4) is 11.5 Å². The van der Waals surface area contributed by atoms with Crippen LogP contribution >= 0.6 is 0 Å². The van der Waals surface area contributed by atoms with Crippen molar-refractivity contribution in [1.82, 2.24) is 4.57 Å². The zero-order chi connectivity index (χ0) is 19.3. The van der Waals surface area contributed by atoms with Gasteiger partial charge in [-0.15, -0.1) is 0 Å². The molecule has 0 fully saturated rings. The zero-order valence-corrected chi connectivity index (χ0v) is 15.2. The molecule has 0 aliphatic rings. The fraction of sp³-hybridized carbons (Fsp3) is 0.316. The van der Waals surface area contributed by atoms with E-state index < -0.39 is 10.5 Å². The topological polar surface area (TPSA) is 83.6 Å². The number of nitro groups is 1. The number of pyridine rings is 1. The molecule has 2 aromatic rings. The van der Waals surface area contributed by atoms with Crippen molar-refractivity contribution in [1.29, 1.82) is 0 Å². The highest BCUT2D eigenvalue weighted by atomic mass is 16.6. The van der Waals surface area contributed by atoms with E-state index in [9.17, 15) is 14.9 Å². The van der Waals surface area contributed by atoms with Crippen LogP contribution in [0.1, 0.15) is 20.8 Å². The predicted octanol–water partition coefficient (Wildman–Crippen LogP) is 3.84. The average Bonchev–Trinajstić information content (AvgIpc) is 2.60. The summed E-state index contributed by atoms with van der Waals surface area (Å²) in [5, 5.41) is 11.7. The van der Waals surface area contributed by atoms with Gasteiger partial charge < -0.3 is 14.0 Å². The Labute approximate surface area is 151 Å². The van der Waals surface area contributed by atoms with Crippen LogP contribution in [0.5, 0.6) is 11.5 Å². The van der Waals surface area contributed by atoms with Crippen LogP contribution in [0.4, 0.5) is 5.69 Å². The van der Waals surface area contributed by atoms with E-state index in [4.69, 9.17) is 9.47 Å². The van der Waals surface area contributed by atoms with Gasteiger partial charge >= 0.3 is 0 Å². The van der Waals surface area contributed by atoms with Gasteiger partial charge in [-0.05, 0) is 32.9 Å². The van der Waals surface area contributed by atoms with Gasteiger partial charge in [0.2, 0.25) is 5.75 Å². The van der Waals surface area contributed by atoms with Crippen LogP contribution in [0.25, 0.3) is 10.9 Å². The smallest absolute Gasteiger partial charge is 0.297 e. The van der Waals surface area contributed by atoms with E-state index in [1.165, 1.54) is 22.8 Å². The maximum absolute atomic E-state index is 12.9. The number of aryl methyl sites for hydroxylation is 1. The molecule has 2 rings (SSSR count). The molecule has 138 valence electrons. The summed E-state index contributed by atoms with van der Waals surface area (Å²) >= 11 is 0. The first-order chi connectivity index (χ1) is 12.4.